The molecule has 1 aliphatic rings. The Morgan fingerprint density at radius 2 is 2.08 bits per heavy atom. The first kappa shape index (κ1) is 20.6. The molecule has 1 aromatic carbocycles. The fourth-order valence-corrected chi connectivity index (χ4v) is 4.82. The summed E-state index contributed by atoms with van der Waals surface area (Å²) in [6.45, 7) is 2.47. The van der Waals surface area contributed by atoms with Gasteiger partial charge in [0.2, 0.25) is 10.0 Å². The van der Waals surface area contributed by atoms with Crippen LogP contribution in [0.25, 0.3) is 0 Å². The van der Waals surface area contributed by atoms with Gasteiger partial charge in [0.25, 0.3) is 5.69 Å². The number of terminal acetylenes is 1. The molecule has 1 fully saturated rings. The van der Waals surface area contributed by atoms with Crippen molar-refractivity contribution in [3.05, 3.63) is 28.3 Å². The van der Waals surface area contributed by atoms with Gasteiger partial charge < -0.3 is 4.90 Å². The van der Waals surface area contributed by atoms with Crippen LogP contribution in [0.4, 0.5) is 11.4 Å². The van der Waals surface area contributed by atoms with Crippen molar-refractivity contribution in [2.75, 3.05) is 50.0 Å². The Bertz CT molecular complexity index is 809. The molecule has 142 valence electrons. The van der Waals surface area contributed by atoms with E-state index in [1.807, 2.05) is 7.05 Å². The zero-order valence-electron chi connectivity index (χ0n) is 14.5. The number of nitro groups is 1. The van der Waals surface area contributed by atoms with Crippen LogP contribution in [-0.4, -0.2) is 67.6 Å². The van der Waals surface area contributed by atoms with Crippen molar-refractivity contribution >= 4 is 37.3 Å². The lowest BCUT2D eigenvalue weighted by molar-refractivity contribution is -0.385. The summed E-state index contributed by atoms with van der Waals surface area (Å²) in [6, 6.07) is 6.21. The normalized spacial score (nSPS) is 16.7. The van der Waals surface area contributed by atoms with Crippen LogP contribution in [0, 0.1) is 22.6 Å². The third-order valence-corrected chi connectivity index (χ3v) is 6.49. The smallest absolute Gasteiger partial charge is 0.270 e. The predicted molar refractivity (Wildman–Crippen MR) is 104 cm³/mol. The van der Waals surface area contributed by atoms with Gasteiger partial charge in [-0.2, -0.15) is 4.31 Å². The highest BCUT2D eigenvalue weighted by Gasteiger charge is 2.31. The standard InChI is InChI=1S/C16H21BrN4O4S/c1-3-19(10-7-17)15-6-5-14(21(22)23)13-16(15)26(24,25)20-9-4-8-18(2)11-12-20/h1,5-6,13H,4,7-12H2,2H3. The molecule has 1 aromatic rings. The molecular formula is C16H21BrN4O4S. The van der Waals surface area contributed by atoms with Gasteiger partial charge >= 0.3 is 0 Å². The maximum atomic E-state index is 13.2. The van der Waals surface area contributed by atoms with Crippen molar-refractivity contribution < 1.29 is 13.3 Å². The van der Waals surface area contributed by atoms with E-state index in [0.717, 1.165) is 12.6 Å². The molecule has 1 heterocycles. The molecule has 1 aliphatic heterocycles. The van der Waals surface area contributed by atoms with Crippen LogP contribution >= 0.6 is 15.9 Å². The summed E-state index contributed by atoms with van der Waals surface area (Å²) in [4.78, 5) is 13.9. The molecule has 0 N–H and O–H groups in total. The minimum Gasteiger partial charge on any atom is -0.305 e. The lowest BCUT2D eigenvalue weighted by atomic mass is 10.2. The van der Waals surface area contributed by atoms with Gasteiger partial charge in [-0.3, -0.25) is 15.0 Å². The average Bonchev–Trinajstić information content (AvgIpc) is 2.84. The summed E-state index contributed by atoms with van der Waals surface area (Å²) in [5.74, 6) is 0. The van der Waals surface area contributed by atoms with E-state index in [1.165, 1.54) is 21.3 Å². The van der Waals surface area contributed by atoms with Crippen LogP contribution < -0.4 is 4.90 Å². The highest BCUT2D eigenvalue weighted by molar-refractivity contribution is 9.09. The van der Waals surface area contributed by atoms with Crippen LogP contribution in [0.15, 0.2) is 23.1 Å². The molecule has 0 saturated carbocycles. The Balaban J connectivity index is 2.54. The van der Waals surface area contributed by atoms with E-state index in [1.54, 1.807) is 0 Å². The topological polar surface area (TPSA) is 87.0 Å². The molecule has 8 nitrogen and oxygen atoms in total. The van der Waals surface area contributed by atoms with Gasteiger partial charge in [0.15, 0.2) is 0 Å². The molecule has 26 heavy (non-hydrogen) atoms. The van der Waals surface area contributed by atoms with E-state index in [4.69, 9.17) is 6.42 Å². The lowest BCUT2D eigenvalue weighted by Crippen LogP contribution is -2.35. The van der Waals surface area contributed by atoms with E-state index in [0.29, 0.717) is 37.9 Å². The SMILES string of the molecule is C#CN(CCBr)c1ccc([N+](=O)[O-])cc1S(=O)(=O)N1CCCN(C)CC1. The van der Waals surface area contributed by atoms with Gasteiger partial charge in [-0.1, -0.05) is 22.4 Å². The van der Waals surface area contributed by atoms with E-state index in [2.05, 4.69) is 26.9 Å². The maximum Gasteiger partial charge on any atom is 0.270 e. The first-order chi connectivity index (χ1) is 12.3. The van der Waals surface area contributed by atoms with Gasteiger partial charge in [0.1, 0.15) is 4.90 Å². The zero-order chi connectivity index (χ0) is 19.3. The van der Waals surface area contributed by atoms with Gasteiger partial charge in [0, 0.05) is 49.7 Å². The molecule has 2 rings (SSSR count). The first-order valence-corrected chi connectivity index (χ1v) is 10.6. The third-order valence-electron chi connectivity index (χ3n) is 4.21. The first-order valence-electron chi connectivity index (χ1n) is 8.08. The number of hydrogen-bond acceptors (Lipinski definition) is 6. The second-order valence-corrected chi connectivity index (χ2v) is 8.64. The fourth-order valence-electron chi connectivity index (χ4n) is 2.79. The Kier molecular flexibility index (Phi) is 7.00. The monoisotopic (exact) mass is 444 g/mol. The molecule has 0 amide bonds. The van der Waals surface area contributed by atoms with Crippen LogP contribution in [0.5, 0.6) is 0 Å². The Labute approximate surface area is 162 Å². The van der Waals surface area contributed by atoms with Gasteiger partial charge in [-0.05, 0) is 26.1 Å². The molecule has 0 radical (unpaired) electrons. The van der Waals surface area contributed by atoms with Gasteiger partial charge in [-0.25, -0.2) is 8.42 Å². The van der Waals surface area contributed by atoms with Crippen LogP contribution in [-0.2, 0) is 10.0 Å². The predicted octanol–water partition coefficient (Wildman–Crippen LogP) is 1.71. The van der Waals surface area contributed by atoms with Gasteiger partial charge in [-0.15, -0.1) is 0 Å². The number of sulfonamides is 1. The second-order valence-electron chi connectivity index (χ2n) is 5.94. The number of nitrogens with zero attached hydrogens (tertiary/aromatic N) is 4. The van der Waals surface area contributed by atoms with Crippen LogP contribution in [0.2, 0.25) is 0 Å². The number of alkyl halides is 1. The number of non-ortho nitro benzene ring substituents is 1. The largest absolute Gasteiger partial charge is 0.305 e. The maximum absolute atomic E-state index is 13.2. The van der Waals surface area contributed by atoms with Crippen molar-refractivity contribution in [2.45, 2.75) is 11.3 Å². The van der Waals surface area contributed by atoms with Crippen molar-refractivity contribution in [3.8, 4) is 12.5 Å². The van der Waals surface area contributed by atoms with E-state index < -0.39 is 14.9 Å². The van der Waals surface area contributed by atoms with E-state index in [-0.39, 0.29) is 16.3 Å². The summed E-state index contributed by atoms with van der Waals surface area (Å²) in [5.41, 5.74) is -0.00905. The number of anilines is 1. The summed E-state index contributed by atoms with van der Waals surface area (Å²) in [6.07, 6.45) is 6.22. The summed E-state index contributed by atoms with van der Waals surface area (Å²) >= 11 is 3.28. The van der Waals surface area contributed by atoms with Crippen molar-refractivity contribution in [2.24, 2.45) is 0 Å². The molecule has 0 atom stereocenters. The second kappa shape index (κ2) is 8.81. The number of halogens is 1. The molecule has 10 heteroatoms. The van der Waals surface area contributed by atoms with Crippen LogP contribution in [0.1, 0.15) is 6.42 Å². The molecule has 0 aliphatic carbocycles. The quantitative estimate of drug-likeness (QED) is 0.218. The Morgan fingerprint density at radius 1 is 1.35 bits per heavy atom. The molecule has 1 saturated heterocycles. The van der Waals surface area contributed by atoms with Crippen molar-refractivity contribution in [1.29, 1.82) is 0 Å². The molecule has 0 unspecified atom stereocenters. The minimum absolute atomic E-state index is 0.129. The van der Waals surface area contributed by atoms with Crippen molar-refractivity contribution in [3.63, 3.8) is 0 Å². The fraction of sp³-hybridized carbons (Fsp3) is 0.500. The summed E-state index contributed by atoms with van der Waals surface area (Å²) in [5, 5.41) is 11.7. The Hall–Kier alpha value is -1.67. The van der Waals surface area contributed by atoms with Crippen LogP contribution in [0.3, 0.4) is 0 Å². The molecule has 0 spiro atoms. The van der Waals surface area contributed by atoms with Crippen molar-refractivity contribution in [1.82, 2.24) is 9.21 Å². The Morgan fingerprint density at radius 3 is 2.69 bits per heavy atom. The molecule has 0 bridgehead atoms. The molecular weight excluding hydrogens is 424 g/mol. The number of benzene rings is 1. The number of nitro benzene ring substituents is 1. The number of likely N-dealkylation sites (N-methyl/N-ethyl adjacent to an activating group) is 1. The summed E-state index contributed by atoms with van der Waals surface area (Å²) in [7, 11) is -1.98. The third kappa shape index (κ3) is 4.54. The molecule has 0 aromatic heterocycles. The highest BCUT2D eigenvalue weighted by atomic mass is 79.9. The average molecular weight is 445 g/mol. The minimum atomic E-state index is -3.92. The number of rotatable bonds is 6. The summed E-state index contributed by atoms with van der Waals surface area (Å²) < 4.78 is 27.9. The number of hydrogen-bond donors (Lipinski definition) is 0. The van der Waals surface area contributed by atoms with E-state index in [9.17, 15) is 18.5 Å². The zero-order valence-corrected chi connectivity index (χ0v) is 16.9. The highest BCUT2D eigenvalue weighted by Crippen LogP contribution is 2.32. The van der Waals surface area contributed by atoms with E-state index >= 15 is 0 Å². The van der Waals surface area contributed by atoms with Gasteiger partial charge in [0.05, 0.1) is 10.6 Å². The lowest BCUT2D eigenvalue weighted by Gasteiger charge is -2.24.